The third-order valence-corrected chi connectivity index (χ3v) is 3.70. The highest BCUT2D eigenvalue weighted by Crippen LogP contribution is 2.27. The second kappa shape index (κ2) is 6.74. The first-order chi connectivity index (χ1) is 10.1. The van der Waals surface area contributed by atoms with Crippen LogP contribution in [0.4, 0.5) is 0 Å². The summed E-state index contributed by atoms with van der Waals surface area (Å²) < 4.78 is 2.15. The van der Waals surface area contributed by atoms with Crippen molar-refractivity contribution in [1.82, 2.24) is 4.57 Å². The van der Waals surface area contributed by atoms with E-state index < -0.39 is 5.97 Å². The molecule has 5 nitrogen and oxygen atoms in total. The van der Waals surface area contributed by atoms with Gasteiger partial charge in [0.15, 0.2) is 0 Å². The number of nitrogens with zero attached hydrogens (tertiary/aromatic N) is 1. The highest BCUT2D eigenvalue weighted by atomic mass is 16.4. The molecule has 0 radical (unpaired) electrons. The number of carboxylic acids is 1. The van der Waals surface area contributed by atoms with Gasteiger partial charge in [-0.2, -0.15) is 0 Å². The minimum Gasteiger partial charge on any atom is -0.478 e. The predicted molar refractivity (Wildman–Crippen MR) is 82.7 cm³/mol. The maximum atomic E-state index is 11.2. The number of carbonyl (C=O) groups is 1. The van der Waals surface area contributed by atoms with Gasteiger partial charge >= 0.3 is 5.97 Å². The summed E-state index contributed by atoms with van der Waals surface area (Å²) in [7, 11) is 0. The summed E-state index contributed by atoms with van der Waals surface area (Å²) in [6.45, 7) is 3.51. The van der Waals surface area contributed by atoms with Crippen LogP contribution in [0, 0.1) is 6.92 Å². The van der Waals surface area contributed by atoms with E-state index in [-0.39, 0.29) is 6.61 Å². The Hall–Kier alpha value is -1.85. The quantitative estimate of drug-likeness (QED) is 0.727. The second-order valence-corrected chi connectivity index (χ2v) is 5.31. The second-order valence-electron chi connectivity index (χ2n) is 5.31. The van der Waals surface area contributed by atoms with Crippen LogP contribution in [0.5, 0.6) is 0 Å². The number of aromatic carboxylic acids is 1. The number of aliphatic hydroxyl groups excluding tert-OH is 1. The first-order valence-corrected chi connectivity index (χ1v) is 7.25. The van der Waals surface area contributed by atoms with Gasteiger partial charge in [0.05, 0.1) is 11.1 Å². The monoisotopic (exact) mass is 290 g/mol. The Morgan fingerprint density at radius 2 is 2.10 bits per heavy atom. The molecular formula is C16H22N2O3. The molecule has 0 aliphatic heterocycles. The van der Waals surface area contributed by atoms with Gasteiger partial charge in [0.1, 0.15) is 0 Å². The van der Waals surface area contributed by atoms with Gasteiger partial charge in [-0.05, 0) is 56.0 Å². The first kappa shape index (κ1) is 15.5. The molecule has 4 N–H and O–H groups in total. The van der Waals surface area contributed by atoms with E-state index in [0.29, 0.717) is 18.5 Å². The number of hydrogen-bond donors (Lipinski definition) is 3. The molecule has 0 amide bonds. The van der Waals surface area contributed by atoms with Crippen LogP contribution in [0.25, 0.3) is 10.9 Å². The highest BCUT2D eigenvalue weighted by Gasteiger charge is 2.14. The van der Waals surface area contributed by atoms with E-state index in [1.807, 2.05) is 6.92 Å². The van der Waals surface area contributed by atoms with Crippen molar-refractivity contribution in [2.75, 3.05) is 13.2 Å². The summed E-state index contributed by atoms with van der Waals surface area (Å²) in [5.41, 5.74) is 9.00. The molecule has 0 atom stereocenters. The van der Waals surface area contributed by atoms with Crippen molar-refractivity contribution < 1.29 is 15.0 Å². The van der Waals surface area contributed by atoms with E-state index in [0.717, 1.165) is 41.4 Å². The van der Waals surface area contributed by atoms with Crippen LogP contribution in [0.1, 0.15) is 34.3 Å². The lowest BCUT2D eigenvalue weighted by Gasteiger charge is -2.07. The average molecular weight is 290 g/mol. The van der Waals surface area contributed by atoms with E-state index in [2.05, 4.69) is 10.8 Å². The Morgan fingerprint density at radius 3 is 2.71 bits per heavy atom. The molecule has 114 valence electrons. The molecule has 0 fully saturated rings. The third-order valence-electron chi connectivity index (χ3n) is 3.70. The van der Waals surface area contributed by atoms with Crippen LogP contribution >= 0.6 is 0 Å². The number of hydrogen-bond acceptors (Lipinski definition) is 3. The molecule has 1 heterocycles. The van der Waals surface area contributed by atoms with Gasteiger partial charge in [0, 0.05) is 24.7 Å². The molecule has 5 heteroatoms. The summed E-state index contributed by atoms with van der Waals surface area (Å²) in [6, 6.07) is 3.44. The first-order valence-electron chi connectivity index (χ1n) is 7.25. The molecule has 1 aromatic heterocycles. The van der Waals surface area contributed by atoms with Gasteiger partial charge in [-0.25, -0.2) is 4.79 Å². The summed E-state index contributed by atoms with van der Waals surface area (Å²) >= 11 is 0. The van der Waals surface area contributed by atoms with Gasteiger partial charge < -0.3 is 20.5 Å². The summed E-state index contributed by atoms with van der Waals surface area (Å²) in [4.78, 5) is 11.2. The number of nitrogens with two attached hydrogens (primary N) is 1. The van der Waals surface area contributed by atoms with E-state index in [9.17, 15) is 9.90 Å². The van der Waals surface area contributed by atoms with Crippen molar-refractivity contribution in [2.24, 2.45) is 5.73 Å². The zero-order chi connectivity index (χ0) is 15.4. The minimum atomic E-state index is -0.914. The smallest absolute Gasteiger partial charge is 0.335 e. The molecule has 0 unspecified atom stereocenters. The predicted octanol–water partition coefficient (Wildman–Crippen LogP) is 1.92. The fourth-order valence-corrected chi connectivity index (χ4v) is 2.76. The average Bonchev–Trinajstić information content (AvgIpc) is 2.81. The number of aromatic nitrogens is 1. The molecule has 0 bridgehead atoms. The van der Waals surface area contributed by atoms with Gasteiger partial charge in [-0.15, -0.1) is 0 Å². The molecular weight excluding hydrogens is 268 g/mol. The Kier molecular flexibility index (Phi) is 4.98. The molecule has 1 aromatic carbocycles. The Bertz CT molecular complexity index is 646. The molecule has 21 heavy (non-hydrogen) atoms. The van der Waals surface area contributed by atoms with Crippen molar-refractivity contribution in [3.05, 3.63) is 35.0 Å². The van der Waals surface area contributed by atoms with E-state index in [4.69, 9.17) is 10.8 Å². The van der Waals surface area contributed by atoms with E-state index in [1.165, 1.54) is 0 Å². The minimum absolute atomic E-state index is 0.132. The van der Waals surface area contributed by atoms with Gasteiger partial charge in [0.2, 0.25) is 0 Å². The van der Waals surface area contributed by atoms with Crippen LogP contribution < -0.4 is 5.73 Å². The van der Waals surface area contributed by atoms with Crippen molar-refractivity contribution in [2.45, 2.75) is 32.7 Å². The standard InChI is InChI=1S/C16H22N2O3/c1-11-8-13(16(20)21)9-14-12(4-2-7-19)10-18(15(11)14)6-3-5-17/h8-10,19H,2-7,17H2,1H3,(H,20,21). The SMILES string of the molecule is Cc1cc(C(=O)O)cc2c(CCCO)cn(CCCN)c12. The third kappa shape index (κ3) is 3.25. The molecule has 0 spiro atoms. The lowest BCUT2D eigenvalue weighted by molar-refractivity contribution is 0.0697. The highest BCUT2D eigenvalue weighted by molar-refractivity contribution is 5.96. The van der Waals surface area contributed by atoms with Crippen LogP contribution in [-0.4, -0.2) is 33.9 Å². The van der Waals surface area contributed by atoms with Crippen LogP contribution in [-0.2, 0) is 13.0 Å². The summed E-state index contributed by atoms with van der Waals surface area (Å²) in [5, 5.41) is 19.2. The molecule has 2 aromatic rings. The maximum absolute atomic E-state index is 11.2. The van der Waals surface area contributed by atoms with E-state index in [1.54, 1.807) is 12.1 Å². The molecule has 0 aliphatic rings. The number of rotatable bonds is 7. The van der Waals surface area contributed by atoms with E-state index >= 15 is 0 Å². The topological polar surface area (TPSA) is 88.5 Å². The molecule has 0 aliphatic carbocycles. The maximum Gasteiger partial charge on any atom is 0.335 e. The number of carboxylic acid groups (broad SMARTS) is 1. The van der Waals surface area contributed by atoms with Crippen molar-refractivity contribution in [3.63, 3.8) is 0 Å². The number of fused-ring (bicyclic) bond motifs is 1. The molecule has 0 saturated heterocycles. The van der Waals surface area contributed by atoms with Crippen molar-refractivity contribution in [3.8, 4) is 0 Å². The lowest BCUT2D eigenvalue weighted by atomic mass is 10.0. The zero-order valence-electron chi connectivity index (χ0n) is 12.3. The fourth-order valence-electron chi connectivity index (χ4n) is 2.76. The number of benzene rings is 1. The number of aliphatic hydroxyl groups is 1. The Morgan fingerprint density at radius 1 is 1.33 bits per heavy atom. The van der Waals surface area contributed by atoms with Crippen molar-refractivity contribution in [1.29, 1.82) is 0 Å². The lowest BCUT2D eigenvalue weighted by Crippen LogP contribution is -2.05. The summed E-state index contributed by atoms with van der Waals surface area (Å²) in [6.07, 6.45) is 4.36. The Labute approximate surface area is 124 Å². The molecule has 2 rings (SSSR count). The Balaban J connectivity index is 2.56. The van der Waals surface area contributed by atoms with Gasteiger partial charge in [-0.1, -0.05) is 0 Å². The largest absolute Gasteiger partial charge is 0.478 e. The van der Waals surface area contributed by atoms with Crippen LogP contribution in [0.3, 0.4) is 0 Å². The molecule has 0 saturated carbocycles. The zero-order valence-corrected chi connectivity index (χ0v) is 12.3. The van der Waals surface area contributed by atoms with Gasteiger partial charge in [0.25, 0.3) is 0 Å². The van der Waals surface area contributed by atoms with Crippen LogP contribution in [0.15, 0.2) is 18.3 Å². The van der Waals surface area contributed by atoms with Crippen molar-refractivity contribution >= 4 is 16.9 Å². The number of aryl methyl sites for hydroxylation is 3. The van der Waals surface area contributed by atoms with Gasteiger partial charge in [-0.3, -0.25) is 0 Å². The van der Waals surface area contributed by atoms with Crippen LogP contribution in [0.2, 0.25) is 0 Å². The normalized spacial score (nSPS) is 11.2. The summed E-state index contributed by atoms with van der Waals surface area (Å²) in [5.74, 6) is -0.914. The fraction of sp³-hybridized carbons (Fsp3) is 0.438.